The number of carbonyl (C=O) groups is 1. The van der Waals surface area contributed by atoms with Crippen LogP contribution in [0.5, 0.6) is 0 Å². The summed E-state index contributed by atoms with van der Waals surface area (Å²) in [6.07, 6.45) is 0. The molecule has 0 N–H and O–H groups in total. The molecule has 172 valence electrons. The summed E-state index contributed by atoms with van der Waals surface area (Å²) in [5, 5.41) is 0.789. The van der Waals surface area contributed by atoms with Gasteiger partial charge in [-0.1, -0.05) is 71.8 Å². The summed E-state index contributed by atoms with van der Waals surface area (Å²) >= 11 is 6.22. The zero-order chi connectivity index (χ0) is 23.5. The number of rotatable bonds is 6. The largest absolute Gasteiger partial charge is 0.295 e. The van der Waals surface area contributed by atoms with Gasteiger partial charge in [-0.05, 0) is 62.6 Å². The Balaban J connectivity index is 1.65. The topological polar surface area (TPSA) is 23.6 Å². The molecule has 33 heavy (non-hydrogen) atoms. The number of aryl methyl sites for hydroxylation is 1. The molecule has 0 aliphatic carbocycles. The van der Waals surface area contributed by atoms with Crippen molar-refractivity contribution in [3.63, 3.8) is 0 Å². The zero-order valence-electron chi connectivity index (χ0n) is 20.0. The quantitative estimate of drug-likeness (QED) is 0.390. The molecule has 1 saturated heterocycles. The third-order valence-corrected chi connectivity index (χ3v) is 6.97. The normalized spacial score (nSPS) is 20.5. The van der Waals surface area contributed by atoms with Gasteiger partial charge in [-0.3, -0.25) is 14.6 Å². The molecule has 0 spiro atoms. The molecule has 1 fully saturated rings. The summed E-state index contributed by atoms with van der Waals surface area (Å²) in [4.78, 5) is 17.3. The Hall–Kier alpha value is -2.46. The smallest absolute Gasteiger partial charge is 0.159 e. The van der Waals surface area contributed by atoms with E-state index < -0.39 is 0 Å². The average molecular weight is 461 g/mol. The van der Waals surface area contributed by atoms with Gasteiger partial charge in [0.1, 0.15) is 0 Å². The van der Waals surface area contributed by atoms with E-state index in [1.807, 2.05) is 24.3 Å². The predicted molar refractivity (Wildman–Crippen MR) is 137 cm³/mol. The lowest BCUT2D eigenvalue weighted by Gasteiger charge is -2.48. The summed E-state index contributed by atoms with van der Waals surface area (Å²) in [5.41, 5.74) is 5.72. The van der Waals surface area contributed by atoms with Crippen LogP contribution in [0.1, 0.15) is 59.4 Å². The Kier molecular flexibility index (Phi) is 7.33. The van der Waals surface area contributed by atoms with Crippen LogP contribution in [-0.4, -0.2) is 40.8 Å². The van der Waals surface area contributed by atoms with Crippen LogP contribution in [0.3, 0.4) is 0 Å². The van der Waals surface area contributed by atoms with Gasteiger partial charge in [0.15, 0.2) is 5.78 Å². The highest BCUT2D eigenvalue weighted by atomic mass is 35.5. The van der Waals surface area contributed by atoms with Crippen LogP contribution in [-0.2, 0) is 6.54 Å². The summed E-state index contributed by atoms with van der Waals surface area (Å²) < 4.78 is 0. The summed E-state index contributed by atoms with van der Waals surface area (Å²) in [7, 11) is 0. The maximum Gasteiger partial charge on any atom is 0.159 e. The summed E-state index contributed by atoms with van der Waals surface area (Å²) in [6.45, 7) is 11.2. The summed E-state index contributed by atoms with van der Waals surface area (Å²) in [5.74, 6) is 0.104. The lowest BCUT2D eigenvalue weighted by atomic mass is 9.91. The molecule has 3 atom stereocenters. The minimum absolute atomic E-state index is 0.104. The number of Topliss-reactive ketones (excluding diaryl/α,β-unsaturated/α-hetero) is 1. The number of nitrogens with zero attached hydrogens (tertiary/aromatic N) is 2. The second-order valence-electron chi connectivity index (χ2n) is 9.45. The van der Waals surface area contributed by atoms with Crippen molar-refractivity contribution in [2.45, 2.75) is 52.4 Å². The van der Waals surface area contributed by atoms with E-state index in [-0.39, 0.29) is 11.8 Å². The van der Waals surface area contributed by atoms with Crippen molar-refractivity contribution in [3.05, 3.63) is 106 Å². The Morgan fingerprint density at radius 1 is 0.939 bits per heavy atom. The highest BCUT2D eigenvalue weighted by Gasteiger charge is 2.35. The first kappa shape index (κ1) is 23.7. The number of carbonyl (C=O) groups excluding carboxylic acids is 1. The van der Waals surface area contributed by atoms with E-state index >= 15 is 0 Å². The van der Waals surface area contributed by atoms with Crippen LogP contribution < -0.4 is 0 Å². The first-order valence-electron chi connectivity index (χ1n) is 11.7. The van der Waals surface area contributed by atoms with Crippen LogP contribution in [0.25, 0.3) is 0 Å². The SMILES string of the molecule is CC(=O)c1cccc([C@H](c2cccc(C)c2)N2C[C@@H](C)N(Cc3cccc(Cl)c3)C[C@@H]2C)c1. The van der Waals surface area contributed by atoms with E-state index in [1.54, 1.807) is 6.92 Å². The van der Waals surface area contributed by atoms with E-state index in [0.29, 0.717) is 12.1 Å². The molecule has 3 nitrogen and oxygen atoms in total. The van der Waals surface area contributed by atoms with Gasteiger partial charge in [-0.2, -0.15) is 0 Å². The van der Waals surface area contributed by atoms with Gasteiger partial charge in [0.05, 0.1) is 6.04 Å². The van der Waals surface area contributed by atoms with Crippen LogP contribution >= 0.6 is 11.6 Å². The monoisotopic (exact) mass is 460 g/mol. The lowest BCUT2D eigenvalue weighted by molar-refractivity contribution is 0.0195. The number of hydrogen-bond acceptors (Lipinski definition) is 3. The van der Waals surface area contributed by atoms with Gasteiger partial charge in [0.25, 0.3) is 0 Å². The highest BCUT2D eigenvalue weighted by Crippen LogP contribution is 2.34. The maximum absolute atomic E-state index is 12.1. The fourth-order valence-corrected chi connectivity index (χ4v) is 5.23. The molecule has 0 bridgehead atoms. The molecule has 4 heteroatoms. The van der Waals surface area contributed by atoms with Crippen LogP contribution in [0.15, 0.2) is 72.8 Å². The number of hydrogen-bond donors (Lipinski definition) is 0. The first-order chi connectivity index (χ1) is 15.8. The average Bonchev–Trinajstić information content (AvgIpc) is 2.77. The fraction of sp³-hybridized carbons (Fsp3) is 0.345. The minimum Gasteiger partial charge on any atom is -0.295 e. The molecule has 3 aromatic carbocycles. The van der Waals surface area contributed by atoms with E-state index in [0.717, 1.165) is 30.2 Å². The molecule has 1 heterocycles. The van der Waals surface area contributed by atoms with Gasteiger partial charge in [0, 0.05) is 42.3 Å². The van der Waals surface area contributed by atoms with Crippen LogP contribution in [0.2, 0.25) is 5.02 Å². The van der Waals surface area contributed by atoms with E-state index in [2.05, 4.69) is 79.1 Å². The van der Waals surface area contributed by atoms with Gasteiger partial charge in [-0.25, -0.2) is 0 Å². The summed E-state index contributed by atoms with van der Waals surface area (Å²) in [6, 6.07) is 25.9. The molecule has 0 aromatic heterocycles. The lowest BCUT2D eigenvalue weighted by Crippen LogP contribution is -2.56. The number of ketones is 1. The number of benzene rings is 3. The molecule has 0 amide bonds. The molecule has 4 rings (SSSR count). The maximum atomic E-state index is 12.1. The third-order valence-electron chi connectivity index (χ3n) is 6.74. The van der Waals surface area contributed by atoms with Gasteiger partial charge < -0.3 is 0 Å². The molecule has 0 unspecified atom stereocenters. The van der Waals surface area contributed by atoms with Gasteiger partial charge in [0.2, 0.25) is 0 Å². The fourth-order valence-electron chi connectivity index (χ4n) is 5.02. The molecule has 3 aromatic rings. The Labute approximate surface area is 203 Å². The van der Waals surface area contributed by atoms with Gasteiger partial charge >= 0.3 is 0 Å². The molecular weight excluding hydrogens is 428 g/mol. The van der Waals surface area contributed by atoms with E-state index in [4.69, 9.17) is 11.6 Å². The Morgan fingerprint density at radius 2 is 1.64 bits per heavy atom. The standard InChI is InChI=1S/C29H33ClN2O/c1-20-8-5-11-26(14-20)29(27-12-7-10-25(16-27)23(4)33)32-18-21(2)31(17-22(32)3)19-24-9-6-13-28(30)15-24/h5-16,21-22,29H,17-19H2,1-4H3/t21-,22+,29+/m1/s1. The van der Waals surface area contributed by atoms with Crippen molar-refractivity contribution in [2.24, 2.45) is 0 Å². The second kappa shape index (κ2) is 10.2. The minimum atomic E-state index is 0.104. The Morgan fingerprint density at radius 3 is 2.33 bits per heavy atom. The molecular formula is C29H33ClN2O. The third kappa shape index (κ3) is 5.55. The van der Waals surface area contributed by atoms with Crippen molar-refractivity contribution in [3.8, 4) is 0 Å². The Bertz CT molecular complexity index is 1130. The van der Waals surface area contributed by atoms with Crippen molar-refractivity contribution >= 4 is 17.4 Å². The van der Waals surface area contributed by atoms with Crippen molar-refractivity contribution in [2.75, 3.05) is 13.1 Å². The highest BCUT2D eigenvalue weighted by molar-refractivity contribution is 6.30. The molecule has 1 aliphatic rings. The van der Waals surface area contributed by atoms with Gasteiger partial charge in [-0.15, -0.1) is 0 Å². The van der Waals surface area contributed by atoms with Crippen LogP contribution in [0.4, 0.5) is 0 Å². The van der Waals surface area contributed by atoms with Crippen molar-refractivity contribution in [1.82, 2.24) is 9.80 Å². The van der Waals surface area contributed by atoms with Crippen molar-refractivity contribution < 1.29 is 4.79 Å². The second-order valence-corrected chi connectivity index (χ2v) is 9.89. The van der Waals surface area contributed by atoms with Crippen LogP contribution in [0, 0.1) is 6.92 Å². The van der Waals surface area contributed by atoms with E-state index in [9.17, 15) is 4.79 Å². The molecule has 0 radical (unpaired) electrons. The number of piperazine rings is 1. The predicted octanol–water partition coefficient (Wildman–Crippen LogP) is 6.54. The molecule has 1 aliphatic heterocycles. The van der Waals surface area contributed by atoms with E-state index in [1.165, 1.54) is 22.3 Å². The molecule has 0 saturated carbocycles. The zero-order valence-corrected chi connectivity index (χ0v) is 20.7. The van der Waals surface area contributed by atoms with Crippen molar-refractivity contribution in [1.29, 1.82) is 0 Å². The number of halogens is 1. The first-order valence-corrected chi connectivity index (χ1v) is 12.1.